The lowest BCUT2D eigenvalue weighted by Crippen LogP contribution is -2.16. The lowest BCUT2D eigenvalue weighted by Gasteiger charge is -2.09. The number of carbonyl (C=O) groups is 1. The molecule has 0 bridgehead atoms. The quantitative estimate of drug-likeness (QED) is 0.358. The van der Waals surface area contributed by atoms with E-state index in [9.17, 15) is 4.79 Å². The molecular formula is C11H15N3O2. The number of aliphatic hydroxyl groups is 1. The summed E-state index contributed by atoms with van der Waals surface area (Å²) in [6.07, 6.45) is 0. The van der Waals surface area contributed by atoms with Gasteiger partial charge >= 0.3 is 0 Å². The van der Waals surface area contributed by atoms with Gasteiger partial charge in [0, 0.05) is 12.1 Å². The molecule has 1 N–H and O–H groups in total. The van der Waals surface area contributed by atoms with E-state index >= 15 is 0 Å². The largest absolute Gasteiger partial charge is 0.375 e. The number of Topliss-reactive ketones (excluding diaryl/α,β-unsaturated/α-hetero) is 1. The third-order valence-corrected chi connectivity index (χ3v) is 2.09. The van der Waals surface area contributed by atoms with Crippen LogP contribution >= 0.6 is 0 Å². The Morgan fingerprint density at radius 3 is 2.44 bits per heavy atom. The van der Waals surface area contributed by atoms with Crippen LogP contribution in [-0.2, 0) is 0 Å². The van der Waals surface area contributed by atoms with Crippen molar-refractivity contribution < 1.29 is 9.90 Å². The minimum Gasteiger partial charge on any atom is -0.375 e. The van der Waals surface area contributed by atoms with E-state index in [1.54, 1.807) is 24.3 Å². The zero-order chi connectivity index (χ0) is 12.0. The van der Waals surface area contributed by atoms with Gasteiger partial charge in [-0.15, -0.1) is 5.11 Å². The first-order valence-electron chi connectivity index (χ1n) is 5.05. The SMILES string of the molecule is CCN(CO)N=Nc1ccc(C(C)=O)cc1. The van der Waals surface area contributed by atoms with Crippen molar-refractivity contribution in [3.63, 3.8) is 0 Å². The molecule has 1 aromatic carbocycles. The van der Waals surface area contributed by atoms with Crippen LogP contribution in [0, 0.1) is 0 Å². The van der Waals surface area contributed by atoms with Gasteiger partial charge in [0.25, 0.3) is 0 Å². The van der Waals surface area contributed by atoms with Crippen LogP contribution in [0.15, 0.2) is 34.6 Å². The second-order valence-electron chi connectivity index (χ2n) is 3.26. The second kappa shape index (κ2) is 5.97. The Morgan fingerprint density at radius 2 is 2.00 bits per heavy atom. The Kier molecular flexibility index (Phi) is 4.60. The fourth-order valence-electron chi connectivity index (χ4n) is 1.07. The van der Waals surface area contributed by atoms with Crippen LogP contribution in [0.4, 0.5) is 5.69 Å². The molecule has 0 aliphatic heterocycles. The number of hydrogen-bond donors (Lipinski definition) is 1. The van der Waals surface area contributed by atoms with E-state index in [4.69, 9.17) is 5.11 Å². The van der Waals surface area contributed by atoms with Crippen molar-refractivity contribution >= 4 is 11.5 Å². The molecule has 1 aromatic rings. The smallest absolute Gasteiger partial charge is 0.159 e. The molecular weight excluding hydrogens is 206 g/mol. The molecule has 86 valence electrons. The van der Waals surface area contributed by atoms with Crippen LogP contribution < -0.4 is 0 Å². The standard InChI is InChI=1S/C11H15N3O2/c1-3-14(8-15)13-12-11-6-4-10(5-7-11)9(2)16/h4-7,15H,3,8H2,1-2H3. The van der Waals surface area contributed by atoms with Gasteiger partial charge in [-0.3, -0.25) is 9.80 Å². The van der Waals surface area contributed by atoms with Crippen LogP contribution in [-0.4, -0.2) is 29.2 Å². The number of hydrogen-bond acceptors (Lipinski definition) is 4. The molecule has 0 unspecified atom stereocenters. The highest BCUT2D eigenvalue weighted by molar-refractivity contribution is 5.94. The number of carbonyl (C=O) groups excluding carboxylic acids is 1. The van der Waals surface area contributed by atoms with Gasteiger partial charge in [-0.05, 0) is 38.1 Å². The summed E-state index contributed by atoms with van der Waals surface area (Å²) >= 11 is 0. The Balaban J connectivity index is 2.71. The minimum atomic E-state index is -0.161. The normalized spacial score (nSPS) is 10.7. The zero-order valence-corrected chi connectivity index (χ0v) is 9.42. The Labute approximate surface area is 94.4 Å². The van der Waals surface area contributed by atoms with Crippen LogP contribution in [0.1, 0.15) is 24.2 Å². The first kappa shape index (κ1) is 12.3. The van der Waals surface area contributed by atoms with Gasteiger partial charge in [0.05, 0.1) is 5.69 Å². The number of benzene rings is 1. The molecule has 0 saturated heterocycles. The maximum atomic E-state index is 11.0. The average Bonchev–Trinajstić information content (AvgIpc) is 2.31. The molecule has 5 nitrogen and oxygen atoms in total. The van der Waals surface area contributed by atoms with Crippen molar-refractivity contribution in [2.45, 2.75) is 13.8 Å². The summed E-state index contributed by atoms with van der Waals surface area (Å²) in [6, 6.07) is 6.83. The molecule has 0 aromatic heterocycles. The van der Waals surface area contributed by atoms with Gasteiger partial charge in [-0.2, -0.15) is 0 Å². The maximum absolute atomic E-state index is 11.0. The van der Waals surface area contributed by atoms with Crippen molar-refractivity contribution in [3.05, 3.63) is 29.8 Å². The van der Waals surface area contributed by atoms with E-state index in [1.165, 1.54) is 11.9 Å². The fourth-order valence-corrected chi connectivity index (χ4v) is 1.07. The van der Waals surface area contributed by atoms with Crippen LogP contribution in [0.25, 0.3) is 0 Å². The molecule has 0 aliphatic rings. The molecule has 16 heavy (non-hydrogen) atoms. The lowest BCUT2D eigenvalue weighted by atomic mass is 10.1. The Hall–Kier alpha value is -1.75. The summed E-state index contributed by atoms with van der Waals surface area (Å²) in [5.74, 6) is 0.0223. The average molecular weight is 221 g/mol. The molecule has 0 aliphatic carbocycles. The molecule has 0 saturated carbocycles. The molecule has 0 atom stereocenters. The van der Waals surface area contributed by atoms with Crippen molar-refractivity contribution in [1.82, 2.24) is 5.01 Å². The van der Waals surface area contributed by atoms with E-state index in [-0.39, 0.29) is 12.5 Å². The van der Waals surface area contributed by atoms with Crippen molar-refractivity contribution in [3.8, 4) is 0 Å². The molecule has 0 heterocycles. The summed E-state index contributed by atoms with van der Waals surface area (Å²) in [5, 5.41) is 18.0. The molecule has 1 rings (SSSR count). The van der Waals surface area contributed by atoms with Gasteiger partial charge in [-0.1, -0.05) is 5.22 Å². The van der Waals surface area contributed by atoms with Crippen LogP contribution in [0.2, 0.25) is 0 Å². The monoisotopic (exact) mass is 221 g/mol. The van der Waals surface area contributed by atoms with E-state index in [1.807, 2.05) is 6.92 Å². The first-order valence-corrected chi connectivity index (χ1v) is 5.05. The summed E-state index contributed by atoms with van der Waals surface area (Å²) in [6.45, 7) is 3.81. The predicted molar refractivity (Wildman–Crippen MR) is 60.4 cm³/mol. The van der Waals surface area contributed by atoms with E-state index in [2.05, 4.69) is 10.3 Å². The summed E-state index contributed by atoms with van der Waals surface area (Å²) in [4.78, 5) is 11.0. The number of nitrogens with zero attached hydrogens (tertiary/aromatic N) is 3. The van der Waals surface area contributed by atoms with Crippen LogP contribution in [0.5, 0.6) is 0 Å². The summed E-state index contributed by atoms with van der Waals surface area (Å²) in [7, 11) is 0. The molecule has 0 radical (unpaired) electrons. The second-order valence-corrected chi connectivity index (χ2v) is 3.26. The predicted octanol–water partition coefficient (Wildman–Crippen LogP) is 2.16. The van der Waals surface area contributed by atoms with E-state index < -0.39 is 0 Å². The van der Waals surface area contributed by atoms with Crippen molar-refractivity contribution in [2.75, 3.05) is 13.3 Å². The number of rotatable bonds is 5. The molecule has 5 heteroatoms. The minimum absolute atomic E-state index is 0.0223. The van der Waals surface area contributed by atoms with Gasteiger partial charge in [-0.25, -0.2) is 0 Å². The lowest BCUT2D eigenvalue weighted by molar-refractivity contribution is 0.101. The highest BCUT2D eigenvalue weighted by Gasteiger charge is 1.98. The number of ketones is 1. The van der Waals surface area contributed by atoms with Crippen LogP contribution in [0.3, 0.4) is 0 Å². The zero-order valence-electron chi connectivity index (χ0n) is 9.42. The van der Waals surface area contributed by atoms with Crippen molar-refractivity contribution in [2.24, 2.45) is 10.3 Å². The van der Waals surface area contributed by atoms with Gasteiger partial charge in [0.2, 0.25) is 0 Å². The highest BCUT2D eigenvalue weighted by atomic mass is 16.3. The summed E-state index contributed by atoms with van der Waals surface area (Å²) in [5.41, 5.74) is 1.30. The molecule has 0 spiro atoms. The van der Waals surface area contributed by atoms with Gasteiger partial charge in [0.1, 0.15) is 6.73 Å². The topological polar surface area (TPSA) is 65.3 Å². The maximum Gasteiger partial charge on any atom is 0.159 e. The summed E-state index contributed by atoms with van der Waals surface area (Å²) < 4.78 is 0. The van der Waals surface area contributed by atoms with Gasteiger partial charge < -0.3 is 5.11 Å². The fraction of sp³-hybridized carbons (Fsp3) is 0.364. The highest BCUT2D eigenvalue weighted by Crippen LogP contribution is 2.14. The number of aliphatic hydroxyl groups excluding tert-OH is 1. The van der Waals surface area contributed by atoms with E-state index in [0.717, 1.165) is 0 Å². The van der Waals surface area contributed by atoms with E-state index in [0.29, 0.717) is 17.8 Å². The van der Waals surface area contributed by atoms with Gasteiger partial charge in [0.15, 0.2) is 5.78 Å². The molecule has 0 fully saturated rings. The third kappa shape index (κ3) is 3.43. The Morgan fingerprint density at radius 1 is 1.38 bits per heavy atom. The molecule has 0 amide bonds. The first-order chi connectivity index (χ1) is 7.67. The van der Waals surface area contributed by atoms with Crippen molar-refractivity contribution in [1.29, 1.82) is 0 Å². The third-order valence-electron chi connectivity index (χ3n) is 2.09. The Bertz CT molecular complexity index is 369.